The number of halogens is 3. The van der Waals surface area contributed by atoms with Gasteiger partial charge in [-0.2, -0.15) is 18.2 Å². The third-order valence-corrected chi connectivity index (χ3v) is 7.42. The first-order chi connectivity index (χ1) is 19.2. The van der Waals surface area contributed by atoms with Crippen molar-refractivity contribution in [3.63, 3.8) is 0 Å². The van der Waals surface area contributed by atoms with E-state index >= 15 is 0 Å². The molecule has 10 heteroatoms. The molecule has 1 N–H and O–H groups in total. The number of nitrogens with zero attached hydrogens (tertiary/aromatic N) is 2. The van der Waals surface area contributed by atoms with Crippen LogP contribution in [0.3, 0.4) is 0 Å². The van der Waals surface area contributed by atoms with Crippen LogP contribution >= 0.6 is 0 Å². The number of alkyl halides is 3. The number of rotatable bonds is 7. The van der Waals surface area contributed by atoms with Crippen molar-refractivity contribution >= 4 is 5.97 Å². The van der Waals surface area contributed by atoms with Crippen molar-refractivity contribution in [1.29, 1.82) is 0 Å². The summed E-state index contributed by atoms with van der Waals surface area (Å²) in [6, 6.07) is 14.6. The van der Waals surface area contributed by atoms with Gasteiger partial charge in [0, 0.05) is 29.5 Å². The summed E-state index contributed by atoms with van der Waals surface area (Å²) in [6.07, 6.45) is -3.46. The van der Waals surface area contributed by atoms with Crippen LogP contribution < -0.4 is 9.47 Å². The highest BCUT2D eigenvalue weighted by Gasteiger charge is 2.38. The fourth-order valence-electron chi connectivity index (χ4n) is 5.53. The second-order valence-electron chi connectivity index (χ2n) is 9.95. The number of carboxylic acid groups (broad SMARTS) is 1. The van der Waals surface area contributed by atoms with E-state index in [0.29, 0.717) is 64.7 Å². The Morgan fingerprint density at radius 2 is 1.82 bits per heavy atom. The van der Waals surface area contributed by atoms with Crippen LogP contribution in [-0.4, -0.2) is 27.8 Å². The van der Waals surface area contributed by atoms with Crippen molar-refractivity contribution in [3.8, 4) is 34.0 Å². The van der Waals surface area contributed by atoms with Gasteiger partial charge in [-0.15, -0.1) is 0 Å². The number of aryl methyl sites for hydroxylation is 1. The molecular weight excluding hydrogens is 525 g/mol. The molecule has 0 amide bonds. The monoisotopic (exact) mass is 550 g/mol. The Kier molecular flexibility index (Phi) is 6.48. The summed E-state index contributed by atoms with van der Waals surface area (Å²) >= 11 is 0. The van der Waals surface area contributed by atoms with E-state index in [1.54, 1.807) is 42.5 Å². The number of hydrogen-bond acceptors (Lipinski definition) is 6. The Morgan fingerprint density at radius 3 is 2.52 bits per heavy atom. The lowest BCUT2D eigenvalue weighted by Gasteiger charge is -2.20. The SMILES string of the molecule is CCc1nc(-c2ccc(-c3c(C(F)(F)F)ccc4c3CCC4Oc3ccc4c(c3)OC[C@H]4CC(=O)O)cc2)no1. The van der Waals surface area contributed by atoms with Gasteiger partial charge in [0.15, 0.2) is 0 Å². The van der Waals surface area contributed by atoms with Gasteiger partial charge in [0.05, 0.1) is 18.6 Å². The van der Waals surface area contributed by atoms with Crippen LogP contribution in [-0.2, 0) is 23.8 Å². The zero-order chi connectivity index (χ0) is 28.0. The molecule has 0 saturated heterocycles. The fraction of sp³-hybridized carbons (Fsp3) is 0.300. The number of fused-ring (bicyclic) bond motifs is 2. The van der Waals surface area contributed by atoms with Gasteiger partial charge < -0.3 is 19.1 Å². The van der Waals surface area contributed by atoms with Crippen LogP contribution in [0.1, 0.15) is 59.9 Å². The molecule has 0 fully saturated rings. The van der Waals surface area contributed by atoms with E-state index in [2.05, 4.69) is 10.1 Å². The van der Waals surface area contributed by atoms with Crippen molar-refractivity contribution in [3.05, 3.63) is 82.7 Å². The smallest absolute Gasteiger partial charge is 0.417 e. The van der Waals surface area contributed by atoms with Crippen LogP contribution in [0, 0.1) is 0 Å². The average molecular weight is 551 g/mol. The maximum Gasteiger partial charge on any atom is 0.417 e. The molecule has 6 rings (SSSR count). The summed E-state index contributed by atoms with van der Waals surface area (Å²) in [4.78, 5) is 15.4. The number of carbonyl (C=O) groups is 1. The third kappa shape index (κ3) is 4.78. The van der Waals surface area contributed by atoms with Crippen LogP contribution in [0.2, 0.25) is 0 Å². The molecule has 2 heterocycles. The van der Waals surface area contributed by atoms with Gasteiger partial charge in [-0.05, 0) is 47.2 Å². The molecule has 0 saturated carbocycles. The minimum absolute atomic E-state index is 0.0244. The Labute approximate surface area is 227 Å². The first-order valence-corrected chi connectivity index (χ1v) is 13.0. The maximum absolute atomic E-state index is 14.2. The number of benzene rings is 3. The molecule has 2 atom stereocenters. The zero-order valence-electron chi connectivity index (χ0n) is 21.5. The number of hydrogen-bond donors (Lipinski definition) is 1. The van der Waals surface area contributed by atoms with Crippen LogP contribution in [0.4, 0.5) is 13.2 Å². The summed E-state index contributed by atoms with van der Waals surface area (Å²) in [5.74, 6) is 0.845. The third-order valence-electron chi connectivity index (χ3n) is 7.42. The highest BCUT2D eigenvalue weighted by Crippen LogP contribution is 2.47. The van der Waals surface area contributed by atoms with Crippen molar-refractivity contribution in [2.24, 2.45) is 0 Å². The molecule has 1 aromatic heterocycles. The molecule has 1 aliphatic heterocycles. The molecule has 7 nitrogen and oxygen atoms in total. The van der Waals surface area contributed by atoms with Crippen molar-refractivity contribution in [1.82, 2.24) is 10.1 Å². The molecule has 1 aliphatic carbocycles. The van der Waals surface area contributed by atoms with E-state index in [9.17, 15) is 18.0 Å². The molecule has 0 bridgehead atoms. The second kappa shape index (κ2) is 10.0. The standard InChI is InChI=1S/C30H25F3N2O5/c1-2-26-34-29(35-40-26)17-5-3-16(4-6-17)28-22-10-12-24(21(22)9-11-23(28)30(31,32)33)39-19-7-8-20-18(13-27(36)37)15-38-25(20)14-19/h3-9,11,14,18,24H,2,10,12-13,15H2,1H3,(H,36,37)/t18-,24?/m1/s1. The van der Waals surface area contributed by atoms with Gasteiger partial charge in [0.25, 0.3) is 0 Å². The molecule has 3 aromatic carbocycles. The largest absolute Gasteiger partial charge is 0.492 e. The van der Waals surface area contributed by atoms with Gasteiger partial charge >= 0.3 is 12.1 Å². The van der Waals surface area contributed by atoms with Crippen LogP contribution in [0.15, 0.2) is 59.1 Å². The highest BCUT2D eigenvalue weighted by atomic mass is 19.4. The normalized spacial score (nSPS) is 17.8. The molecule has 0 radical (unpaired) electrons. The van der Waals surface area contributed by atoms with E-state index < -0.39 is 23.8 Å². The number of carboxylic acids is 1. The molecule has 4 aromatic rings. The van der Waals surface area contributed by atoms with Gasteiger partial charge in [0.2, 0.25) is 11.7 Å². The van der Waals surface area contributed by atoms with Gasteiger partial charge in [-0.25, -0.2) is 0 Å². The average Bonchev–Trinajstić information content (AvgIpc) is 3.67. The van der Waals surface area contributed by atoms with Crippen LogP contribution in [0.5, 0.6) is 11.5 Å². The molecule has 206 valence electrons. The predicted molar refractivity (Wildman–Crippen MR) is 138 cm³/mol. The van der Waals surface area contributed by atoms with E-state index in [-0.39, 0.29) is 24.5 Å². The summed E-state index contributed by atoms with van der Waals surface area (Å²) in [7, 11) is 0. The lowest BCUT2D eigenvalue weighted by molar-refractivity contribution is -0.138. The Bertz CT molecular complexity index is 1580. The molecule has 0 spiro atoms. The highest BCUT2D eigenvalue weighted by molar-refractivity contribution is 5.76. The summed E-state index contributed by atoms with van der Waals surface area (Å²) in [5, 5.41) is 13.1. The van der Waals surface area contributed by atoms with Crippen molar-refractivity contribution in [2.45, 2.75) is 50.8 Å². The lowest BCUT2D eigenvalue weighted by atomic mass is 9.91. The number of aliphatic carboxylic acids is 1. The molecule has 40 heavy (non-hydrogen) atoms. The van der Waals surface area contributed by atoms with Gasteiger partial charge in [0.1, 0.15) is 17.6 Å². The number of ether oxygens (including phenoxy) is 2. The summed E-state index contributed by atoms with van der Waals surface area (Å²) in [6.45, 7) is 2.17. The Morgan fingerprint density at radius 1 is 1.07 bits per heavy atom. The minimum atomic E-state index is -4.53. The first kappa shape index (κ1) is 25.9. The first-order valence-electron chi connectivity index (χ1n) is 13.0. The van der Waals surface area contributed by atoms with E-state index in [1.807, 2.05) is 6.92 Å². The molecule has 1 unspecified atom stereocenters. The van der Waals surface area contributed by atoms with Crippen molar-refractivity contribution in [2.75, 3.05) is 6.61 Å². The van der Waals surface area contributed by atoms with E-state index in [4.69, 9.17) is 19.1 Å². The van der Waals surface area contributed by atoms with Gasteiger partial charge in [-0.3, -0.25) is 4.79 Å². The molecule has 2 aliphatic rings. The van der Waals surface area contributed by atoms with Crippen molar-refractivity contribution < 1.29 is 37.1 Å². The number of aromatic nitrogens is 2. The predicted octanol–water partition coefficient (Wildman–Crippen LogP) is 7.00. The zero-order valence-corrected chi connectivity index (χ0v) is 21.5. The fourth-order valence-corrected chi connectivity index (χ4v) is 5.53. The quantitative estimate of drug-likeness (QED) is 0.265. The molecular formula is C30H25F3N2O5. The second-order valence-corrected chi connectivity index (χ2v) is 9.95. The van der Waals surface area contributed by atoms with E-state index in [1.165, 1.54) is 6.07 Å². The van der Waals surface area contributed by atoms with Gasteiger partial charge in [-0.1, -0.05) is 48.5 Å². The Balaban J connectivity index is 1.31. The summed E-state index contributed by atoms with van der Waals surface area (Å²) < 4.78 is 59.6. The van der Waals surface area contributed by atoms with E-state index in [0.717, 1.165) is 11.6 Å². The summed E-state index contributed by atoms with van der Waals surface area (Å²) in [5.41, 5.74) is 2.69. The maximum atomic E-state index is 14.2. The minimum Gasteiger partial charge on any atom is -0.492 e. The Hall–Kier alpha value is -4.34. The van der Waals surface area contributed by atoms with Crippen LogP contribution in [0.25, 0.3) is 22.5 Å². The lowest BCUT2D eigenvalue weighted by Crippen LogP contribution is -2.10. The topological polar surface area (TPSA) is 94.7 Å².